The van der Waals surface area contributed by atoms with Gasteiger partial charge in [-0.2, -0.15) is 0 Å². The topological polar surface area (TPSA) is 52.8 Å². The molecule has 3 heterocycles. The second-order valence-electron chi connectivity index (χ2n) is 4.49. The molecule has 3 aromatic heterocycles. The molecule has 0 aliphatic carbocycles. The lowest BCUT2D eigenvalue weighted by Gasteiger charge is -2.08. The lowest BCUT2D eigenvalue weighted by Crippen LogP contribution is -2.04. The van der Waals surface area contributed by atoms with Gasteiger partial charge in [0.05, 0.1) is 18.8 Å². The molecule has 0 saturated heterocycles. The van der Waals surface area contributed by atoms with Crippen molar-refractivity contribution in [2.75, 3.05) is 6.61 Å². The van der Waals surface area contributed by atoms with E-state index in [1.807, 2.05) is 54.1 Å². The summed E-state index contributed by atoms with van der Waals surface area (Å²) in [5, 5.41) is 0. The summed E-state index contributed by atoms with van der Waals surface area (Å²) in [6.45, 7) is 3.19. The summed E-state index contributed by atoms with van der Waals surface area (Å²) in [5.74, 6) is 1.48. The van der Waals surface area contributed by atoms with E-state index in [0.717, 1.165) is 17.2 Å². The smallest absolute Gasteiger partial charge is 0.213 e. The van der Waals surface area contributed by atoms with Gasteiger partial charge in [-0.25, -0.2) is 9.97 Å². The largest absolute Gasteiger partial charge is 0.478 e. The molecule has 0 aliphatic heterocycles. The van der Waals surface area contributed by atoms with E-state index < -0.39 is 0 Å². The van der Waals surface area contributed by atoms with Gasteiger partial charge >= 0.3 is 0 Å². The Bertz CT molecular complexity index is 709. The normalized spacial score (nSPS) is 10.5. The average molecular weight is 280 g/mol. The quantitative estimate of drug-likeness (QED) is 0.721. The third kappa shape index (κ3) is 3.08. The van der Waals surface area contributed by atoms with Crippen molar-refractivity contribution in [3.05, 3.63) is 60.7 Å². The van der Waals surface area contributed by atoms with Crippen molar-refractivity contribution in [3.63, 3.8) is 0 Å². The van der Waals surface area contributed by atoms with Crippen molar-refractivity contribution >= 4 is 0 Å². The van der Waals surface area contributed by atoms with Crippen LogP contribution in [-0.4, -0.2) is 26.1 Å². The second-order valence-corrected chi connectivity index (χ2v) is 4.49. The first-order valence-corrected chi connectivity index (χ1v) is 6.88. The van der Waals surface area contributed by atoms with Crippen LogP contribution in [0.5, 0.6) is 5.88 Å². The van der Waals surface area contributed by atoms with Crippen molar-refractivity contribution < 1.29 is 4.74 Å². The van der Waals surface area contributed by atoms with Crippen molar-refractivity contribution in [1.29, 1.82) is 0 Å². The summed E-state index contributed by atoms with van der Waals surface area (Å²) in [4.78, 5) is 13.2. The van der Waals surface area contributed by atoms with Crippen LogP contribution in [-0.2, 0) is 6.54 Å². The summed E-state index contributed by atoms with van der Waals surface area (Å²) in [5.41, 5.74) is 1.78. The Balaban J connectivity index is 1.86. The first-order chi connectivity index (χ1) is 10.4. The molecule has 0 spiro atoms. The zero-order valence-corrected chi connectivity index (χ0v) is 11.8. The van der Waals surface area contributed by atoms with Crippen molar-refractivity contribution in [2.24, 2.45) is 0 Å². The van der Waals surface area contributed by atoms with Crippen LogP contribution in [0.25, 0.3) is 11.5 Å². The van der Waals surface area contributed by atoms with Crippen LogP contribution in [0.3, 0.4) is 0 Å². The standard InChI is InChI=1S/C16H16N4O/c1-2-21-15-8-5-6-13(19-15)12-20-11-10-18-16(20)14-7-3-4-9-17-14/h3-11H,2,12H2,1H3. The van der Waals surface area contributed by atoms with E-state index in [0.29, 0.717) is 19.0 Å². The van der Waals surface area contributed by atoms with Crippen molar-refractivity contribution in [3.8, 4) is 17.4 Å². The van der Waals surface area contributed by atoms with Crippen LogP contribution in [0.15, 0.2) is 55.0 Å². The summed E-state index contributed by atoms with van der Waals surface area (Å²) in [6.07, 6.45) is 5.47. The van der Waals surface area contributed by atoms with Gasteiger partial charge in [0.1, 0.15) is 5.69 Å². The first-order valence-electron chi connectivity index (χ1n) is 6.88. The van der Waals surface area contributed by atoms with Gasteiger partial charge in [-0.15, -0.1) is 0 Å². The molecule has 0 atom stereocenters. The van der Waals surface area contributed by atoms with Crippen LogP contribution in [0, 0.1) is 0 Å². The second kappa shape index (κ2) is 6.17. The number of aromatic nitrogens is 4. The maximum atomic E-state index is 5.43. The summed E-state index contributed by atoms with van der Waals surface area (Å²) >= 11 is 0. The Kier molecular flexibility index (Phi) is 3.91. The Hall–Kier alpha value is -2.69. The number of imidazole rings is 1. The molecule has 0 saturated carbocycles. The molecule has 0 amide bonds. The Morgan fingerprint density at radius 2 is 2.00 bits per heavy atom. The molecule has 106 valence electrons. The highest BCUT2D eigenvalue weighted by Gasteiger charge is 2.08. The highest BCUT2D eigenvalue weighted by atomic mass is 16.5. The molecule has 5 heteroatoms. The van der Waals surface area contributed by atoms with Crippen LogP contribution >= 0.6 is 0 Å². The number of nitrogens with zero attached hydrogens (tertiary/aromatic N) is 4. The molecular formula is C16H16N4O. The van der Waals surface area contributed by atoms with E-state index in [1.54, 1.807) is 12.4 Å². The zero-order valence-electron chi connectivity index (χ0n) is 11.8. The minimum atomic E-state index is 0.612. The molecule has 3 rings (SSSR count). The minimum absolute atomic E-state index is 0.612. The highest BCUT2D eigenvalue weighted by Crippen LogP contribution is 2.16. The van der Waals surface area contributed by atoms with E-state index in [1.165, 1.54) is 0 Å². The predicted octanol–water partition coefficient (Wildman–Crippen LogP) is 2.79. The molecule has 0 fully saturated rings. The lowest BCUT2D eigenvalue weighted by molar-refractivity contribution is 0.325. The average Bonchev–Trinajstić information content (AvgIpc) is 2.97. The third-order valence-corrected chi connectivity index (χ3v) is 3.02. The van der Waals surface area contributed by atoms with E-state index in [-0.39, 0.29) is 0 Å². The third-order valence-electron chi connectivity index (χ3n) is 3.02. The number of pyridine rings is 2. The van der Waals surface area contributed by atoms with Gasteiger partial charge < -0.3 is 9.30 Å². The maximum absolute atomic E-state index is 5.43. The van der Waals surface area contributed by atoms with Crippen molar-refractivity contribution in [2.45, 2.75) is 13.5 Å². The molecule has 0 bridgehead atoms. The minimum Gasteiger partial charge on any atom is -0.478 e. The first kappa shape index (κ1) is 13.3. The predicted molar refractivity (Wildman–Crippen MR) is 80.0 cm³/mol. The van der Waals surface area contributed by atoms with E-state index in [4.69, 9.17) is 4.74 Å². The van der Waals surface area contributed by atoms with E-state index >= 15 is 0 Å². The van der Waals surface area contributed by atoms with Crippen LogP contribution in [0.2, 0.25) is 0 Å². The van der Waals surface area contributed by atoms with Gasteiger partial charge in [0, 0.05) is 24.7 Å². The van der Waals surface area contributed by atoms with Crippen LogP contribution < -0.4 is 4.74 Å². The maximum Gasteiger partial charge on any atom is 0.213 e. The fraction of sp³-hybridized carbons (Fsp3) is 0.188. The Labute approximate surface area is 123 Å². The number of hydrogen-bond acceptors (Lipinski definition) is 4. The molecule has 0 radical (unpaired) electrons. The van der Waals surface area contributed by atoms with Crippen molar-refractivity contribution in [1.82, 2.24) is 19.5 Å². The molecule has 3 aromatic rings. The molecule has 0 aliphatic rings. The van der Waals surface area contributed by atoms with Gasteiger partial charge in [0.15, 0.2) is 5.82 Å². The van der Waals surface area contributed by atoms with Gasteiger partial charge in [-0.05, 0) is 25.1 Å². The lowest BCUT2D eigenvalue weighted by atomic mass is 10.3. The van der Waals surface area contributed by atoms with Crippen LogP contribution in [0.1, 0.15) is 12.6 Å². The molecule has 0 aromatic carbocycles. The Morgan fingerprint density at radius 1 is 1.05 bits per heavy atom. The van der Waals surface area contributed by atoms with E-state index in [9.17, 15) is 0 Å². The zero-order chi connectivity index (χ0) is 14.5. The van der Waals surface area contributed by atoms with Gasteiger partial charge in [0.25, 0.3) is 0 Å². The van der Waals surface area contributed by atoms with Gasteiger partial charge in [-0.3, -0.25) is 4.98 Å². The fourth-order valence-corrected chi connectivity index (χ4v) is 2.11. The highest BCUT2D eigenvalue weighted by molar-refractivity contribution is 5.49. The van der Waals surface area contributed by atoms with Crippen LogP contribution in [0.4, 0.5) is 0 Å². The molecule has 0 N–H and O–H groups in total. The van der Waals surface area contributed by atoms with Gasteiger partial charge in [0.2, 0.25) is 5.88 Å². The number of rotatable bonds is 5. The number of ether oxygens (including phenoxy) is 1. The molecule has 5 nitrogen and oxygen atoms in total. The summed E-state index contributed by atoms with van der Waals surface area (Å²) in [7, 11) is 0. The molecule has 0 unspecified atom stereocenters. The SMILES string of the molecule is CCOc1cccc(Cn2ccnc2-c2ccccn2)n1. The summed E-state index contributed by atoms with van der Waals surface area (Å²) in [6, 6.07) is 11.6. The number of hydrogen-bond donors (Lipinski definition) is 0. The summed E-state index contributed by atoms with van der Waals surface area (Å²) < 4.78 is 7.46. The van der Waals surface area contributed by atoms with E-state index in [2.05, 4.69) is 15.0 Å². The fourth-order valence-electron chi connectivity index (χ4n) is 2.11. The van der Waals surface area contributed by atoms with Gasteiger partial charge in [-0.1, -0.05) is 12.1 Å². The molecule has 21 heavy (non-hydrogen) atoms. The Morgan fingerprint density at radius 3 is 2.81 bits per heavy atom. The monoisotopic (exact) mass is 280 g/mol. The molecular weight excluding hydrogens is 264 g/mol.